The van der Waals surface area contributed by atoms with Gasteiger partial charge in [0.2, 0.25) is 0 Å². The van der Waals surface area contributed by atoms with Crippen LogP contribution < -0.4 is 0 Å². The molecule has 0 aromatic rings. The Hall–Kier alpha value is -0.330. The third-order valence-corrected chi connectivity index (χ3v) is 2.78. The Balaban J connectivity index is 1.91. The van der Waals surface area contributed by atoms with E-state index in [0.717, 1.165) is 18.4 Å². The van der Waals surface area contributed by atoms with Crippen LogP contribution in [0.5, 0.6) is 0 Å². The molecule has 1 aliphatic heterocycles. The van der Waals surface area contributed by atoms with Gasteiger partial charge in [0, 0.05) is 12.5 Å². The van der Waals surface area contributed by atoms with Gasteiger partial charge in [0.15, 0.2) is 0 Å². The molecule has 2 rings (SSSR count). The maximum atomic E-state index is 4.16. The lowest BCUT2D eigenvalue weighted by Gasteiger charge is -2.12. The highest BCUT2D eigenvalue weighted by molar-refractivity contribution is 5.63. The number of rotatable bonds is 1. The first-order chi connectivity index (χ1) is 4.97. The highest BCUT2D eigenvalue weighted by Gasteiger charge is 2.25. The highest BCUT2D eigenvalue weighted by Crippen LogP contribution is 2.33. The largest absolute Gasteiger partial charge is 0.288 e. The van der Waals surface area contributed by atoms with Crippen molar-refractivity contribution in [2.75, 3.05) is 6.54 Å². The molecule has 0 aromatic carbocycles. The predicted molar refractivity (Wildman–Crippen MR) is 42.4 cm³/mol. The molecule has 1 fully saturated rings. The molecule has 0 N–H and O–H groups in total. The predicted octanol–water partition coefficient (Wildman–Crippen LogP) is 2.14. The number of hydrogen-bond donors (Lipinski definition) is 0. The van der Waals surface area contributed by atoms with Gasteiger partial charge in [-0.15, -0.1) is 0 Å². The highest BCUT2D eigenvalue weighted by atomic mass is 14.7. The van der Waals surface area contributed by atoms with Crippen molar-refractivity contribution < 1.29 is 0 Å². The third kappa shape index (κ3) is 1.09. The van der Waals surface area contributed by atoms with Gasteiger partial charge >= 0.3 is 0 Å². The zero-order chi connectivity index (χ0) is 6.81. The topological polar surface area (TPSA) is 12.4 Å². The second-order valence-electron chi connectivity index (χ2n) is 3.45. The van der Waals surface area contributed by atoms with E-state index in [2.05, 4.69) is 11.2 Å². The van der Waals surface area contributed by atoms with E-state index in [0.29, 0.717) is 0 Å². The maximum absolute atomic E-state index is 4.16. The molecule has 0 bridgehead atoms. The molecule has 55 valence electrons. The number of nitrogens with zero attached hydrogens (tertiary/aromatic N) is 1. The van der Waals surface area contributed by atoms with Crippen LogP contribution >= 0.6 is 0 Å². The monoisotopic (exact) mass is 136 g/mol. The van der Waals surface area contributed by atoms with Crippen LogP contribution in [0.25, 0.3) is 0 Å². The Kier molecular flexibility index (Phi) is 1.74. The van der Waals surface area contributed by atoms with Crippen LogP contribution in [0.2, 0.25) is 0 Å². The summed E-state index contributed by atoms with van der Waals surface area (Å²) in [6.45, 7) is 1.04. The van der Waals surface area contributed by atoms with E-state index in [9.17, 15) is 0 Å². The molecule has 1 unspecified atom stereocenters. The molecule has 10 heavy (non-hydrogen) atoms. The van der Waals surface area contributed by atoms with Crippen LogP contribution in [-0.2, 0) is 0 Å². The Morgan fingerprint density at radius 3 is 2.50 bits per heavy atom. The zero-order valence-corrected chi connectivity index (χ0v) is 6.34. The molecule has 0 amide bonds. The van der Waals surface area contributed by atoms with E-state index in [1.165, 1.54) is 32.1 Å². The smallest absolute Gasteiger partial charge is 0.0595 e. The van der Waals surface area contributed by atoms with Crippen molar-refractivity contribution in [2.45, 2.75) is 32.1 Å². The number of hydrogen-bond acceptors (Lipinski definition) is 1. The minimum Gasteiger partial charge on any atom is -0.288 e. The first kappa shape index (κ1) is 6.38. The summed E-state index contributed by atoms with van der Waals surface area (Å²) >= 11 is 0. The summed E-state index contributed by atoms with van der Waals surface area (Å²) in [7, 11) is 0. The molecular weight excluding hydrogens is 122 g/mol. The van der Waals surface area contributed by atoms with Gasteiger partial charge in [0.05, 0.1) is 6.21 Å². The van der Waals surface area contributed by atoms with E-state index in [1.54, 1.807) is 0 Å². The van der Waals surface area contributed by atoms with Gasteiger partial charge in [-0.05, 0) is 25.2 Å². The minimum atomic E-state index is 0.738. The Labute approximate surface area is 62.5 Å². The van der Waals surface area contributed by atoms with Crippen molar-refractivity contribution in [3.8, 4) is 0 Å². The molecule has 0 aromatic heterocycles. The van der Waals surface area contributed by atoms with Gasteiger partial charge in [-0.1, -0.05) is 12.8 Å². The van der Waals surface area contributed by atoms with Crippen LogP contribution in [0.3, 0.4) is 0 Å². The maximum Gasteiger partial charge on any atom is 0.0595 e. The van der Waals surface area contributed by atoms with E-state index < -0.39 is 0 Å². The van der Waals surface area contributed by atoms with Gasteiger partial charge in [-0.3, -0.25) is 4.99 Å². The van der Waals surface area contributed by atoms with Gasteiger partial charge in [0.1, 0.15) is 0 Å². The zero-order valence-electron chi connectivity index (χ0n) is 6.34. The van der Waals surface area contributed by atoms with Crippen LogP contribution in [0.15, 0.2) is 4.99 Å². The molecule has 0 spiro atoms. The second-order valence-corrected chi connectivity index (χ2v) is 3.45. The minimum absolute atomic E-state index is 0.738. The average Bonchev–Trinajstić information content (AvgIpc) is 2.59. The first-order valence-electron chi connectivity index (χ1n) is 4.39. The standard InChI is InChI=1S/C9H14N/c1-2-4-8(3-1)9-5-6-10-7-9/h8-9H,1-6H2. The van der Waals surface area contributed by atoms with Gasteiger partial charge in [-0.25, -0.2) is 0 Å². The lowest BCUT2D eigenvalue weighted by Crippen LogP contribution is -2.09. The molecule has 1 nitrogen and oxygen atoms in total. The van der Waals surface area contributed by atoms with Gasteiger partial charge in [-0.2, -0.15) is 0 Å². The molecule has 2 aliphatic rings. The number of aliphatic imine (C=N–C) groups is 1. The summed E-state index contributed by atoms with van der Waals surface area (Å²) in [6, 6.07) is 0. The summed E-state index contributed by atoms with van der Waals surface area (Å²) in [5.41, 5.74) is 0. The Bertz CT molecular complexity index is 134. The van der Waals surface area contributed by atoms with E-state index in [-0.39, 0.29) is 0 Å². The fourth-order valence-corrected chi connectivity index (χ4v) is 2.15. The summed E-state index contributed by atoms with van der Waals surface area (Å²) < 4.78 is 0. The van der Waals surface area contributed by atoms with Gasteiger partial charge in [0.25, 0.3) is 0 Å². The third-order valence-electron chi connectivity index (χ3n) is 2.78. The van der Waals surface area contributed by atoms with Crippen molar-refractivity contribution in [2.24, 2.45) is 16.8 Å². The average molecular weight is 136 g/mol. The normalized spacial score (nSPS) is 33.8. The van der Waals surface area contributed by atoms with Crippen molar-refractivity contribution in [3.63, 3.8) is 0 Å². The molecule has 1 aliphatic carbocycles. The summed E-state index contributed by atoms with van der Waals surface area (Å²) in [5, 5.41) is 0. The van der Waals surface area contributed by atoms with Crippen LogP contribution in [0, 0.1) is 11.8 Å². The summed E-state index contributed by atoms with van der Waals surface area (Å²) in [6.07, 6.45) is 10.3. The van der Waals surface area contributed by atoms with Crippen LogP contribution in [0.1, 0.15) is 32.1 Å². The molecule has 1 saturated carbocycles. The summed E-state index contributed by atoms with van der Waals surface area (Å²) in [4.78, 5) is 4.16. The Morgan fingerprint density at radius 1 is 1.10 bits per heavy atom. The lowest BCUT2D eigenvalue weighted by atomic mass is 9.91. The quantitative estimate of drug-likeness (QED) is 0.523. The fourth-order valence-electron chi connectivity index (χ4n) is 2.15. The molecule has 1 heterocycles. The van der Waals surface area contributed by atoms with E-state index >= 15 is 0 Å². The molecular formula is C9H14N. The SMILES string of the molecule is [C]1=NCCC1C1CCCC1. The van der Waals surface area contributed by atoms with Crippen molar-refractivity contribution in [1.29, 1.82) is 0 Å². The van der Waals surface area contributed by atoms with Crippen LogP contribution in [0.4, 0.5) is 0 Å². The van der Waals surface area contributed by atoms with Crippen LogP contribution in [-0.4, -0.2) is 12.8 Å². The van der Waals surface area contributed by atoms with Crippen molar-refractivity contribution >= 4 is 6.21 Å². The molecule has 0 saturated heterocycles. The van der Waals surface area contributed by atoms with E-state index in [4.69, 9.17) is 0 Å². The molecule has 1 atom stereocenters. The Morgan fingerprint density at radius 2 is 1.90 bits per heavy atom. The van der Waals surface area contributed by atoms with Gasteiger partial charge < -0.3 is 0 Å². The fraction of sp³-hybridized carbons (Fsp3) is 0.889. The lowest BCUT2D eigenvalue weighted by molar-refractivity contribution is 0.432. The second kappa shape index (κ2) is 2.73. The van der Waals surface area contributed by atoms with Crippen molar-refractivity contribution in [3.05, 3.63) is 0 Å². The first-order valence-corrected chi connectivity index (χ1v) is 4.39. The molecule has 1 heteroatoms. The van der Waals surface area contributed by atoms with Crippen molar-refractivity contribution in [1.82, 2.24) is 0 Å². The molecule has 1 radical (unpaired) electrons. The summed E-state index contributed by atoms with van der Waals surface area (Å²) in [5.74, 6) is 1.69. The van der Waals surface area contributed by atoms with E-state index in [1.807, 2.05) is 0 Å².